The molecule has 3 heterocycles. The van der Waals surface area contributed by atoms with Crippen LogP contribution < -0.4 is 20.3 Å². The fourth-order valence-electron chi connectivity index (χ4n) is 4.94. The largest absolute Gasteiger partial charge is 0.476 e. The van der Waals surface area contributed by atoms with Gasteiger partial charge in [0.2, 0.25) is 0 Å². The van der Waals surface area contributed by atoms with Crippen molar-refractivity contribution in [2.24, 2.45) is 0 Å². The number of anilines is 1. The molecule has 3 atom stereocenters. The summed E-state index contributed by atoms with van der Waals surface area (Å²) in [5, 5.41) is 5.84. The lowest BCUT2D eigenvalue weighted by molar-refractivity contribution is -0.149. The molecule has 1 aromatic heterocycles. The normalized spacial score (nSPS) is 22.1. The Balaban J connectivity index is 1.36. The lowest BCUT2D eigenvalue weighted by Gasteiger charge is -2.40. The molecule has 1 aromatic carbocycles. The van der Waals surface area contributed by atoms with Crippen LogP contribution in [0.5, 0.6) is 5.75 Å². The van der Waals surface area contributed by atoms with Crippen molar-refractivity contribution in [3.63, 3.8) is 0 Å². The maximum atomic E-state index is 13.1. The third-order valence-corrected chi connectivity index (χ3v) is 7.52. The Morgan fingerprint density at radius 1 is 1.11 bits per heavy atom. The van der Waals surface area contributed by atoms with Crippen molar-refractivity contribution in [1.29, 1.82) is 0 Å². The van der Waals surface area contributed by atoms with Gasteiger partial charge in [-0.1, -0.05) is 23.2 Å². The van der Waals surface area contributed by atoms with E-state index >= 15 is 0 Å². The second-order valence-electron chi connectivity index (χ2n) is 10.3. The number of hydrogen-bond donors (Lipinski definition) is 2. The van der Waals surface area contributed by atoms with E-state index in [1.807, 2.05) is 5.32 Å². The molecule has 2 fully saturated rings. The second-order valence-corrected chi connectivity index (χ2v) is 11.1. The number of pyridine rings is 1. The Bertz CT molecular complexity index is 1180. The first kappa shape index (κ1) is 28.3. The molecule has 2 amide bonds. The predicted molar refractivity (Wildman–Crippen MR) is 139 cm³/mol. The average molecular weight is 573 g/mol. The van der Waals surface area contributed by atoms with E-state index in [0.717, 1.165) is 19.8 Å². The topological polar surface area (TPSA) is 83.6 Å². The zero-order valence-electron chi connectivity index (χ0n) is 21.1. The SMILES string of the molecule is C[C@H](NC(=O)c1ccc(N2C3CCC2CC(NC(=O)C(C)(C)Oc2ccc(Cl)cc2Cl)C3)nc1)C(F)(F)F. The van der Waals surface area contributed by atoms with E-state index in [-0.39, 0.29) is 29.6 Å². The van der Waals surface area contributed by atoms with Gasteiger partial charge >= 0.3 is 6.18 Å². The molecule has 0 saturated carbocycles. The minimum Gasteiger partial charge on any atom is -0.476 e. The summed E-state index contributed by atoms with van der Waals surface area (Å²) < 4.78 is 44.2. The molecule has 0 spiro atoms. The zero-order valence-corrected chi connectivity index (χ0v) is 22.6. The van der Waals surface area contributed by atoms with E-state index < -0.39 is 23.7 Å². The fraction of sp³-hybridized carbons (Fsp3) is 0.500. The van der Waals surface area contributed by atoms with Gasteiger partial charge in [-0.2, -0.15) is 13.2 Å². The Hall–Kier alpha value is -2.72. The first-order valence-corrected chi connectivity index (χ1v) is 13.1. The van der Waals surface area contributed by atoms with Gasteiger partial charge in [0.1, 0.15) is 17.6 Å². The van der Waals surface area contributed by atoms with Crippen LogP contribution in [0.1, 0.15) is 56.8 Å². The third-order valence-electron chi connectivity index (χ3n) is 6.99. The second kappa shape index (κ2) is 10.8. The lowest BCUT2D eigenvalue weighted by atomic mass is 9.96. The number of alkyl halides is 3. The van der Waals surface area contributed by atoms with Crippen LogP contribution >= 0.6 is 23.2 Å². The average Bonchev–Trinajstić information content (AvgIpc) is 3.10. The number of carbonyl (C=O) groups excluding carboxylic acids is 2. The highest BCUT2D eigenvalue weighted by atomic mass is 35.5. The van der Waals surface area contributed by atoms with E-state index in [4.69, 9.17) is 27.9 Å². The molecule has 2 aliphatic rings. The molecule has 206 valence electrons. The summed E-state index contributed by atoms with van der Waals surface area (Å²) in [6.07, 6.45) is 0.0176. The molecule has 4 rings (SSSR count). The highest BCUT2D eigenvalue weighted by molar-refractivity contribution is 6.35. The number of aromatic nitrogens is 1. The minimum atomic E-state index is -4.52. The first-order chi connectivity index (χ1) is 17.7. The molecule has 2 aromatic rings. The molecule has 0 aliphatic carbocycles. The van der Waals surface area contributed by atoms with Gasteiger partial charge in [0.25, 0.3) is 11.8 Å². The summed E-state index contributed by atoms with van der Waals surface area (Å²) in [6.45, 7) is 4.24. The molecule has 2 N–H and O–H groups in total. The number of nitrogens with zero attached hydrogens (tertiary/aromatic N) is 2. The summed E-state index contributed by atoms with van der Waals surface area (Å²) in [5.41, 5.74) is -1.11. The van der Waals surface area contributed by atoms with Crippen molar-refractivity contribution in [3.8, 4) is 5.75 Å². The number of ether oxygens (including phenoxy) is 1. The molecule has 2 aliphatic heterocycles. The molecule has 38 heavy (non-hydrogen) atoms. The summed E-state index contributed by atoms with van der Waals surface area (Å²) in [7, 11) is 0. The molecule has 2 saturated heterocycles. The number of rotatable bonds is 7. The first-order valence-electron chi connectivity index (χ1n) is 12.3. The molecule has 12 heteroatoms. The number of piperidine rings is 1. The van der Waals surface area contributed by atoms with Gasteiger partial charge in [0.05, 0.1) is 10.6 Å². The standard InChI is InChI=1S/C26H29Cl2F3N4O3/c1-14(26(29,30)31)33-23(36)15-4-9-22(32-13-15)35-18-6-7-19(35)12-17(11-18)34-24(37)25(2,3)38-21-8-5-16(27)10-20(21)28/h4-5,8-10,13-14,17-19H,6-7,11-12H2,1-3H3,(H,33,36)(H,34,37)/t14-,17?,18?,19?/m0/s1. The number of benzene rings is 1. The van der Waals surface area contributed by atoms with E-state index in [1.54, 1.807) is 38.1 Å². The maximum Gasteiger partial charge on any atom is 0.408 e. The van der Waals surface area contributed by atoms with Gasteiger partial charge in [0.15, 0.2) is 5.60 Å². The van der Waals surface area contributed by atoms with Gasteiger partial charge in [-0.3, -0.25) is 9.59 Å². The number of amides is 2. The summed E-state index contributed by atoms with van der Waals surface area (Å²) in [4.78, 5) is 31.8. The van der Waals surface area contributed by atoms with Crippen LogP contribution in [0, 0.1) is 0 Å². The summed E-state index contributed by atoms with van der Waals surface area (Å²) >= 11 is 12.1. The Morgan fingerprint density at radius 3 is 2.32 bits per heavy atom. The van der Waals surface area contributed by atoms with Gasteiger partial charge in [0, 0.05) is 29.3 Å². The van der Waals surface area contributed by atoms with Gasteiger partial charge in [-0.15, -0.1) is 0 Å². The molecule has 7 nitrogen and oxygen atoms in total. The highest BCUT2D eigenvalue weighted by Crippen LogP contribution is 2.39. The molecule has 0 radical (unpaired) electrons. The fourth-order valence-corrected chi connectivity index (χ4v) is 5.39. The van der Waals surface area contributed by atoms with Crippen molar-refractivity contribution in [2.75, 3.05) is 4.90 Å². The van der Waals surface area contributed by atoms with Crippen molar-refractivity contribution in [1.82, 2.24) is 15.6 Å². The quantitative estimate of drug-likeness (QED) is 0.455. The Morgan fingerprint density at radius 2 is 1.76 bits per heavy atom. The Labute approximate surface area is 229 Å². The van der Waals surface area contributed by atoms with Gasteiger partial charge < -0.3 is 20.3 Å². The smallest absolute Gasteiger partial charge is 0.408 e. The van der Waals surface area contributed by atoms with Crippen LogP contribution in [0.15, 0.2) is 36.5 Å². The zero-order chi connectivity index (χ0) is 27.8. The summed E-state index contributed by atoms with van der Waals surface area (Å²) in [5.74, 6) is -0.0724. The van der Waals surface area contributed by atoms with Crippen molar-refractivity contribution >= 4 is 40.8 Å². The van der Waals surface area contributed by atoms with E-state index in [9.17, 15) is 22.8 Å². The number of carbonyl (C=O) groups is 2. The number of fused-ring (bicyclic) bond motifs is 2. The molecular formula is C26H29Cl2F3N4O3. The number of halogens is 5. The van der Waals surface area contributed by atoms with Crippen LogP contribution in [0.3, 0.4) is 0 Å². The number of hydrogen-bond acceptors (Lipinski definition) is 5. The van der Waals surface area contributed by atoms with Crippen LogP contribution in [0.4, 0.5) is 19.0 Å². The maximum absolute atomic E-state index is 13.1. The lowest BCUT2D eigenvalue weighted by Crippen LogP contribution is -2.55. The third kappa shape index (κ3) is 6.29. The van der Waals surface area contributed by atoms with Gasteiger partial charge in [-0.05, 0) is 76.8 Å². The van der Waals surface area contributed by atoms with Crippen LogP contribution in [0.25, 0.3) is 0 Å². The van der Waals surface area contributed by atoms with Crippen molar-refractivity contribution < 1.29 is 27.5 Å². The van der Waals surface area contributed by atoms with E-state index in [0.29, 0.717) is 34.5 Å². The molecular weight excluding hydrogens is 544 g/mol. The monoisotopic (exact) mass is 572 g/mol. The number of nitrogens with one attached hydrogen (secondary N) is 2. The minimum absolute atomic E-state index is 0.0577. The molecule has 2 unspecified atom stereocenters. The van der Waals surface area contributed by atoms with E-state index in [1.165, 1.54) is 12.3 Å². The molecule has 2 bridgehead atoms. The van der Waals surface area contributed by atoms with Crippen LogP contribution in [-0.4, -0.2) is 52.7 Å². The van der Waals surface area contributed by atoms with Gasteiger partial charge in [-0.25, -0.2) is 4.98 Å². The van der Waals surface area contributed by atoms with Crippen molar-refractivity contribution in [2.45, 2.75) is 82.4 Å². The van der Waals surface area contributed by atoms with E-state index in [2.05, 4.69) is 15.2 Å². The predicted octanol–water partition coefficient (Wildman–Crippen LogP) is 5.54. The van der Waals surface area contributed by atoms with Crippen molar-refractivity contribution in [3.05, 3.63) is 52.1 Å². The van der Waals surface area contributed by atoms with Crippen LogP contribution in [0.2, 0.25) is 10.0 Å². The Kier molecular flexibility index (Phi) is 8.04. The summed E-state index contributed by atoms with van der Waals surface area (Å²) in [6, 6.07) is 6.19. The highest BCUT2D eigenvalue weighted by Gasteiger charge is 2.43. The van der Waals surface area contributed by atoms with Crippen LogP contribution in [-0.2, 0) is 4.79 Å².